The Morgan fingerprint density at radius 1 is 0.810 bits per heavy atom. The molecule has 0 nitrogen and oxygen atoms in total. The van der Waals surface area contributed by atoms with E-state index in [1.54, 1.807) is 11.8 Å². The molecule has 0 atom stereocenters. The molecule has 106 valence electrons. The van der Waals surface area contributed by atoms with Crippen molar-refractivity contribution in [2.24, 2.45) is 0 Å². The van der Waals surface area contributed by atoms with Gasteiger partial charge in [-0.05, 0) is 36.4 Å². The van der Waals surface area contributed by atoms with Crippen molar-refractivity contribution in [3.63, 3.8) is 0 Å². The molecule has 0 radical (unpaired) electrons. The highest BCUT2D eigenvalue weighted by Gasteiger charge is 1.88. The SMILES string of the molecule is Cc1ccc(S/C=C/C=C\C=C/Cc2ccccc2)cc1. The monoisotopic (exact) mass is 292 g/mol. The number of allylic oxidation sites excluding steroid dienone is 5. The van der Waals surface area contributed by atoms with Gasteiger partial charge in [0.25, 0.3) is 0 Å². The summed E-state index contributed by atoms with van der Waals surface area (Å²) in [7, 11) is 0. The number of benzene rings is 2. The molecule has 1 heteroatoms. The molecular weight excluding hydrogens is 272 g/mol. The second-order valence-electron chi connectivity index (χ2n) is 4.76. The van der Waals surface area contributed by atoms with Crippen LogP contribution in [0.4, 0.5) is 0 Å². The third kappa shape index (κ3) is 6.33. The lowest BCUT2D eigenvalue weighted by molar-refractivity contribution is 1.27. The van der Waals surface area contributed by atoms with E-state index in [2.05, 4.69) is 91.2 Å². The first-order valence-electron chi connectivity index (χ1n) is 7.10. The highest BCUT2D eigenvalue weighted by molar-refractivity contribution is 8.02. The van der Waals surface area contributed by atoms with Crippen molar-refractivity contribution >= 4 is 11.8 Å². The normalized spacial score (nSPS) is 11.9. The van der Waals surface area contributed by atoms with E-state index in [1.807, 2.05) is 6.07 Å². The molecule has 0 unspecified atom stereocenters. The van der Waals surface area contributed by atoms with Crippen LogP contribution < -0.4 is 0 Å². The van der Waals surface area contributed by atoms with Crippen LogP contribution >= 0.6 is 11.8 Å². The fraction of sp³-hybridized carbons (Fsp3) is 0.100. The predicted octanol–water partition coefficient (Wildman–Crippen LogP) is 5.96. The van der Waals surface area contributed by atoms with E-state index in [9.17, 15) is 0 Å². The van der Waals surface area contributed by atoms with Crippen LogP contribution in [0, 0.1) is 6.92 Å². The Morgan fingerprint density at radius 2 is 1.52 bits per heavy atom. The molecule has 0 spiro atoms. The zero-order valence-corrected chi connectivity index (χ0v) is 13.1. The zero-order chi connectivity index (χ0) is 14.8. The van der Waals surface area contributed by atoms with Gasteiger partial charge in [0.2, 0.25) is 0 Å². The minimum atomic E-state index is 0.979. The summed E-state index contributed by atoms with van der Waals surface area (Å²) >= 11 is 1.73. The highest BCUT2D eigenvalue weighted by Crippen LogP contribution is 2.19. The van der Waals surface area contributed by atoms with Crippen molar-refractivity contribution in [2.45, 2.75) is 18.2 Å². The Hall–Kier alpha value is -1.99. The van der Waals surface area contributed by atoms with E-state index in [1.165, 1.54) is 16.0 Å². The quantitative estimate of drug-likeness (QED) is 0.468. The van der Waals surface area contributed by atoms with Crippen molar-refractivity contribution in [3.05, 3.63) is 102 Å². The molecule has 21 heavy (non-hydrogen) atoms. The molecule has 0 fully saturated rings. The van der Waals surface area contributed by atoms with E-state index in [0.29, 0.717) is 0 Å². The molecule has 0 amide bonds. The molecule has 0 bridgehead atoms. The minimum Gasteiger partial charge on any atom is -0.0981 e. The van der Waals surface area contributed by atoms with Gasteiger partial charge in [0.15, 0.2) is 0 Å². The first kappa shape index (κ1) is 15.4. The topological polar surface area (TPSA) is 0 Å². The van der Waals surface area contributed by atoms with Crippen LogP contribution in [0.2, 0.25) is 0 Å². The van der Waals surface area contributed by atoms with Gasteiger partial charge in [0.05, 0.1) is 0 Å². The van der Waals surface area contributed by atoms with Crippen LogP contribution in [0.25, 0.3) is 0 Å². The van der Waals surface area contributed by atoms with Gasteiger partial charge < -0.3 is 0 Å². The van der Waals surface area contributed by atoms with Gasteiger partial charge in [-0.2, -0.15) is 0 Å². The Kier molecular flexibility index (Phi) is 6.63. The average molecular weight is 292 g/mol. The molecule has 0 aliphatic rings. The lowest BCUT2D eigenvalue weighted by atomic mass is 10.1. The fourth-order valence-electron chi connectivity index (χ4n) is 1.81. The lowest BCUT2D eigenvalue weighted by Crippen LogP contribution is -1.77. The molecule has 0 saturated carbocycles. The summed E-state index contributed by atoms with van der Waals surface area (Å²) in [5.41, 5.74) is 2.64. The lowest BCUT2D eigenvalue weighted by Gasteiger charge is -1.95. The average Bonchev–Trinajstić information content (AvgIpc) is 2.53. The molecule has 0 heterocycles. The molecule has 2 aromatic rings. The Bertz CT molecular complexity index is 604. The molecule has 2 aromatic carbocycles. The van der Waals surface area contributed by atoms with Crippen molar-refractivity contribution < 1.29 is 0 Å². The first-order chi connectivity index (χ1) is 10.3. The maximum atomic E-state index is 2.17. The second-order valence-corrected chi connectivity index (χ2v) is 5.74. The Balaban J connectivity index is 1.70. The van der Waals surface area contributed by atoms with Crippen molar-refractivity contribution in [1.82, 2.24) is 0 Å². The summed E-state index contributed by atoms with van der Waals surface area (Å²) in [6, 6.07) is 19.0. The Morgan fingerprint density at radius 3 is 2.29 bits per heavy atom. The molecule has 2 rings (SSSR count). The van der Waals surface area contributed by atoms with Crippen molar-refractivity contribution in [1.29, 1.82) is 0 Å². The van der Waals surface area contributed by atoms with Gasteiger partial charge in [0, 0.05) is 4.90 Å². The summed E-state index contributed by atoms with van der Waals surface area (Å²) in [6.07, 6.45) is 11.4. The van der Waals surface area contributed by atoms with Gasteiger partial charge >= 0.3 is 0 Å². The number of aryl methyl sites for hydroxylation is 1. The summed E-state index contributed by atoms with van der Waals surface area (Å²) in [6.45, 7) is 2.11. The number of hydrogen-bond acceptors (Lipinski definition) is 1. The zero-order valence-electron chi connectivity index (χ0n) is 12.3. The van der Waals surface area contributed by atoms with Gasteiger partial charge in [-0.1, -0.05) is 90.2 Å². The molecule has 0 aromatic heterocycles. The number of thioether (sulfide) groups is 1. The highest BCUT2D eigenvalue weighted by atomic mass is 32.2. The fourth-order valence-corrected chi connectivity index (χ4v) is 2.42. The molecule has 0 saturated heterocycles. The smallest absolute Gasteiger partial charge is 0.0116 e. The molecule has 0 aliphatic carbocycles. The van der Waals surface area contributed by atoms with Crippen LogP contribution in [-0.4, -0.2) is 0 Å². The second kappa shape index (κ2) is 9.04. The van der Waals surface area contributed by atoms with E-state index >= 15 is 0 Å². The maximum Gasteiger partial charge on any atom is 0.0116 e. The van der Waals surface area contributed by atoms with E-state index in [-0.39, 0.29) is 0 Å². The summed E-state index contributed by atoms with van der Waals surface area (Å²) in [5, 5.41) is 2.10. The van der Waals surface area contributed by atoms with Gasteiger partial charge in [-0.15, -0.1) is 0 Å². The van der Waals surface area contributed by atoms with E-state index in [0.717, 1.165) is 6.42 Å². The maximum absolute atomic E-state index is 2.17. The van der Waals surface area contributed by atoms with Gasteiger partial charge in [-0.3, -0.25) is 0 Å². The first-order valence-corrected chi connectivity index (χ1v) is 7.98. The third-order valence-electron chi connectivity index (χ3n) is 2.97. The van der Waals surface area contributed by atoms with E-state index in [4.69, 9.17) is 0 Å². The standard InChI is InChI=1S/C20H20S/c1-18-13-15-20(16-14-18)21-17-9-4-2-3-6-10-19-11-7-5-8-12-19/h2-9,11-17H,10H2,1H3/b4-2-,6-3-,17-9+. The minimum absolute atomic E-state index is 0.979. The van der Waals surface area contributed by atoms with Crippen LogP contribution in [-0.2, 0) is 6.42 Å². The Labute approximate surface area is 131 Å². The predicted molar refractivity (Wildman–Crippen MR) is 94.6 cm³/mol. The van der Waals surface area contributed by atoms with Crippen LogP contribution in [0.1, 0.15) is 11.1 Å². The summed E-state index contributed by atoms with van der Waals surface area (Å²) in [4.78, 5) is 1.27. The van der Waals surface area contributed by atoms with Crippen LogP contribution in [0.5, 0.6) is 0 Å². The van der Waals surface area contributed by atoms with Crippen molar-refractivity contribution in [3.8, 4) is 0 Å². The van der Waals surface area contributed by atoms with Gasteiger partial charge in [-0.25, -0.2) is 0 Å². The van der Waals surface area contributed by atoms with E-state index < -0.39 is 0 Å². The molecular formula is C20H20S. The van der Waals surface area contributed by atoms with Crippen LogP contribution in [0.3, 0.4) is 0 Å². The van der Waals surface area contributed by atoms with Crippen LogP contribution in [0.15, 0.2) is 95.3 Å². The summed E-state index contributed by atoms with van der Waals surface area (Å²) in [5.74, 6) is 0. The molecule has 0 aliphatic heterocycles. The number of hydrogen-bond donors (Lipinski definition) is 0. The van der Waals surface area contributed by atoms with Crippen molar-refractivity contribution in [2.75, 3.05) is 0 Å². The third-order valence-corrected chi connectivity index (χ3v) is 3.81. The largest absolute Gasteiger partial charge is 0.0981 e. The number of rotatable bonds is 6. The molecule has 0 N–H and O–H groups in total. The summed E-state index contributed by atoms with van der Waals surface area (Å²) < 4.78 is 0. The van der Waals surface area contributed by atoms with Gasteiger partial charge in [0.1, 0.15) is 0 Å².